The Labute approximate surface area is 228 Å². The third-order valence-electron chi connectivity index (χ3n) is 3.37. The molecule has 2 aromatic rings. The third kappa shape index (κ3) is 12.0. The van der Waals surface area contributed by atoms with E-state index in [1.807, 2.05) is 0 Å². The molecule has 3 heterocycles. The molecule has 0 radical (unpaired) electrons. The number of nitrogens with one attached hydrogen (secondary N) is 1. The van der Waals surface area contributed by atoms with E-state index in [0.717, 1.165) is 6.33 Å². The van der Waals surface area contributed by atoms with Crippen LogP contribution in [0.5, 0.6) is 0 Å². The van der Waals surface area contributed by atoms with Crippen molar-refractivity contribution < 1.29 is 137 Å². The molecule has 0 amide bonds. The minimum atomic E-state index is -5.24. The van der Waals surface area contributed by atoms with Crippen LogP contribution in [0.15, 0.2) is 17.4 Å². The van der Waals surface area contributed by atoms with Crippen LogP contribution in [0, 0.1) is 0 Å². The zero-order valence-electron chi connectivity index (χ0n) is 17.3. The molecule has 33 heavy (non-hydrogen) atoms. The number of hydrogen-bond acceptors (Lipinski definition) is 10. The molecule has 3 rings (SSSR count). The number of phosphoric acid groups is 1. The summed E-state index contributed by atoms with van der Waals surface area (Å²) >= 11 is 0. The topological polar surface area (TPSA) is 438 Å². The summed E-state index contributed by atoms with van der Waals surface area (Å²) in [6, 6.07) is 0. The summed E-state index contributed by atoms with van der Waals surface area (Å²) in [5.41, 5.74) is -0.397. The average Bonchev–Trinajstić information content (AvgIpc) is 3.01. The van der Waals surface area contributed by atoms with Crippen LogP contribution in [-0.2, 0) is 13.8 Å². The Bertz CT molecular complexity index is 835. The van der Waals surface area contributed by atoms with Crippen molar-refractivity contribution in [2.45, 2.75) is 24.5 Å². The molecule has 20 nitrogen and oxygen atoms in total. The van der Waals surface area contributed by atoms with E-state index in [1.165, 1.54) is 10.9 Å². The number of aromatic nitrogens is 4. The van der Waals surface area contributed by atoms with Crippen molar-refractivity contribution in [2.75, 3.05) is 6.61 Å². The van der Waals surface area contributed by atoms with Gasteiger partial charge >= 0.3 is 59.1 Å². The van der Waals surface area contributed by atoms with Gasteiger partial charge in [0.05, 0.1) is 27.1 Å². The van der Waals surface area contributed by atoms with Crippen molar-refractivity contribution >= 4 is 19.0 Å². The molecule has 190 valence electrons. The first kappa shape index (κ1) is 54.1. The van der Waals surface area contributed by atoms with Gasteiger partial charge in [-0.05, 0) is 0 Å². The molecule has 1 aliphatic rings. The van der Waals surface area contributed by atoms with Crippen molar-refractivity contribution in [1.29, 1.82) is 0 Å². The van der Waals surface area contributed by atoms with Crippen LogP contribution in [0.1, 0.15) is 6.23 Å². The number of hydrogen-bond donors (Lipinski definition) is 3. The number of ether oxygens (including phenoxy) is 1. The predicted octanol–water partition coefficient (Wildman–Crippen LogP) is -16.0. The number of phosphoric ester groups is 1. The number of aromatic amines is 1. The maximum Gasteiger partial charge on any atom is 1.00 e. The summed E-state index contributed by atoms with van der Waals surface area (Å²) in [6.07, 6.45) is -3.11. The zero-order valence-corrected chi connectivity index (χ0v) is 22.2. The van der Waals surface area contributed by atoms with Gasteiger partial charge < -0.3 is 82.6 Å². The van der Waals surface area contributed by atoms with Crippen molar-refractivity contribution in [1.82, 2.24) is 19.5 Å². The van der Waals surface area contributed by atoms with Gasteiger partial charge in [-0.1, -0.05) is 0 Å². The largest absolute Gasteiger partial charge is 1.00 e. The van der Waals surface area contributed by atoms with Crippen LogP contribution in [0.25, 0.3) is 11.2 Å². The van der Waals surface area contributed by atoms with E-state index in [9.17, 15) is 29.4 Å². The minimum absolute atomic E-state index is 0. The number of H-pyrrole nitrogens is 1. The summed E-state index contributed by atoms with van der Waals surface area (Å²) in [4.78, 5) is 42.6. The first-order chi connectivity index (χ1) is 10.8. The molecule has 0 bridgehead atoms. The van der Waals surface area contributed by atoms with Gasteiger partial charge in [0.15, 0.2) is 17.4 Å². The molecule has 0 aromatic carbocycles. The summed E-state index contributed by atoms with van der Waals surface area (Å²) in [6.45, 7) is -0.750. The first-order valence-corrected chi connectivity index (χ1v) is 7.82. The van der Waals surface area contributed by atoms with Gasteiger partial charge in [-0.25, -0.2) is 9.97 Å². The van der Waals surface area contributed by atoms with Crippen LogP contribution in [0.4, 0.5) is 0 Å². The summed E-state index contributed by atoms with van der Waals surface area (Å²) in [7, 11) is -5.24. The Balaban J connectivity index is -0.000000104. The normalized spacial score (nSPS) is 19.9. The third-order valence-corrected chi connectivity index (χ3v) is 3.84. The summed E-state index contributed by atoms with van der Waals surface area (Å²) < 4.78 is 21.1. The molecule has 0 saturated carbocycles. The molecule has 1 aliphatic heterocycles. The SMILES string of the molecule is O.O.O.O.O.O.O.O.O=c1[nH]cnc2c1ncn2C1OC(COP(=O)([O-])[O-])C(O)C1O.[Na+].[Na+]. The van der Waals surface area contributed by atoms with Gasteiger partial charge in [0.1, 0.15) is 18.3 Å². The smallest absolute Gasteiger partial charge is 0.790 e. The van der Waals surface area contributed by atoms with E-state index in [2.05, 4.69) is 19.5 Å². The van der Waals surface area contributed by atoms with Gasteiger partial charge in [0.2, 0.25) is 0 Å². The number of rotatable bonds is 4. The molecular formula is C10H27N4Na2O16P. The Kier molecular flexibility index (Phi) is 34.9. The van der Waals surface area contributed by atoms with Gasteiger partial charge in [-0.15, -0.1) is 0 Å². The number of aliphatic hydroxyl groups is 2. The fourth-order valence-corrected chi connectivity index (χ4v) is 2.64. The Morgan fingerprint density at radius 2 is 1.55 bits per heavy atom. The Hall–Kier alpha value is 0.0200. The van der Waals surface area contributed by atoms with E-state index in [1.54, 1.807) is 0 Å². The van der Waals surface area contributed by atoms with Crippen molar-refractivity contribution in [3.8, 4) is 0 Å². The van der Waals surface area contributed by atoms with Crippen LogP contribution in [0.3, 0.4) is 0 Å². The second kappa shape index (κ2) is 21.3. The standard InChI is InChI=1S/C10H13N4O8P.2Na.8H2O/c15-6-4(1-21-23(18,19)20)22-10(7(6)16)14-3-13-5-8(14)11-2-12-9(5)17;;;;;;;;;;/h2-4,6-7,10,15-16H,1H2,(H,11,12,17)(H2,18,19,20);;;8*1H2/q;2*+1;;;;;;;;/p-2. The predicted molar refractivity (Wildman–Crippen MR) is 96.5 cm³/mol. The maximum atomic E-state index is 11.6. The van der Waals surface area contributed by atoms with Crippen LogP contribution >= 0.6 is 7.82 Å². The van der Waals surface area contributed by atoms with Gasteiger partial charge in [-0.2, -0.15) is 0 Å². The first-order valence-electron chi connectivity index (χ1n) is 6.36. The molecule has 4 unspecified atom stereocenters. The molecule has 19 N–H and O–H groups in total. The number of aliphatic hydroxyl groups excluding tert-OH is 2. The van der Waals surface area contributed by atoms with E-state index in [0.29, 0.717) is 0 Å². The molecule has 1 fully saturated rings. The van der Waals surface area contributed by atoms with Crippen LogP contribution in [0.2, 0.25) is 0 Å². The molecule has 2 aromatic heterocycles. The van der Waals surface area contributed by atoms with Gasteiger partial charge in [0, 0.05) is 0 Å². The minimum Gasteiger partial charge on any atom is -0.790 e. The second-order valence-electron chi connectivity index (χ2n) is 4.84. The maximum absolute atomic E-state index is 11.6. The number of nitrogens with zero attached hydrogens (tertiary/aromatic N) is 3. The van der Waals surface area contributed by atoms with Crippen LogP contribution in [-0.4, -0.2) is 98.5 Å². The molecule has 0 spiro atoms. The van der Waals surface area contributed by atoms with Crippen LogP contribution < -0.4 is 74.5 Å². The average molecular weight is 536 g/mol. The second-order valence-corrected chi connectivity index (χ2v) is 6.00. The van der Waals surface area contributed by atoms with E-state index >= 15 is 0 Å². The van der Waals surface area contributed by atoms with E-state index < -0.39 is 44.5 Å². The van der Waals surface area contributed by atoms with E-state index in [-0.39, 0.29) is 114 Å². The summed E-state index contributed by atoms with van der Waals surface area (Å²) in [5.74, 6) is 0. The molecule has 23 heteroatoms. The van der Waals surface area contributed by atoms with Gasteiger partial charge in [0.25, 0.3) is 5.56 Å². The number of fused-ring (bicyclic) bond motifs is 1. The fourth-order valence-electron chi connectivity index (χ4n) is 2.31. The van der Waals surface area contributed by atoms with E-state index in [4.69, 9.17) is 4.74 Å². The molecule has 0 aliphatic carbocycles. The van der Waals surface area contributed by atoms with Crippen molar-refractivity contribution in [3.05, 3.63) is 23.0 Å². The summed E-state index contributed by atoms with van der Waals surface area (Å²) in [5, 5.41) is 19.9. The molecular weight excluding hydrogens is 509 g/mol. The quantitative estimate of drug-likeness (QED) is 0.244. The fraction of sp³-hybridized carbons (Fsp3) is 0.500. The molecule has 4 atom stereocenters. The molecule has 1 saturated heterocycles. The zero-order chi connectivity index (χ0) is 16.8. The number of imidazole rings is 1. The van der Waals surface area contributed by atoms with Crippen molar-refractivity contribution in [3.63, 3.8) is 0 Å². The van der Waals surface area contributed by atoms with Gasteiger partial charge in [-0.3, -0.25) is 9.36 Å². The Morgan fingerprint density at radius 3 is 2.03 bits per heavy atom. The monoisotopic (exact) mass is 536 g/mol. The Morgan fingerprint density at radius 1 is 1.03 bits per heavy atom. The van der Waals surface area contributed by atoms with Crippen molar-refractivity contribution in [2.24, 2.45) is 0 Å².